The van der Waals surface area contributed by atoms with Crippen molar-refractivity contribution >= 4 is 12.0 Å². The summed E-state index contributed by atoms with van der Waals surface area (Å²) in [5.41, 5.74) is 0.902. The summed E-state index contributed by atoms with van der Waals surface area (Å²) >= 11 is 0. The Hall–Kier alpha value is -1.81. The molecule has 17 heavy (non-hydrogen) atoms. The molecule has 4 heteroatoms. The van der Waals surface area contributed by atoms with Gasteiger partial charge in [-0.2, -0.15) is 0 Å². The highest BCUT2D eigenvalue weighted by atomic mass is 16.7. The molecule has 0 saturated heterocycles. The minimum absolute atomic E-state index is 0.0116. The first-order valence-electron chi connectivity index (χ1n) is 5.33. The van der Waals surface area contributed by atoms with E-state index in [1.54, 1.807) is 13.2 Å². The highest BCUT2D eigenvalue weighted by Crippen LogP contribution is 2.12. The van der Waals surface area contributed by atoms with E-state index in [1.165, 1.54) is 6.08 Å². The van der Waals surface area contributed by atoms with Crippen molar-refractivity contribution in [1.82, 2.24) is 0 Å². The Labute approximate surface area is 101 Å². The zero-order valence-corrected chi connectivity index (χ0v) is 10.0. The number of hydrogen-bond donors (Lipinski definition) is 0. The van der Waals surface area contributed by atoms with Gasteiger partial charge in [-0.05, 0) is 30.7 Å². The number of carbonyl (C=O) groups is 1. The van der Waals surface area contributed by atoms with Crippen LogP contribution < -0.4 is 4.74 Å². The molecule has 0 amide bonds. The van der Waals surface area contributed by atoms with Crippen LogP contribution in [0.5, 0.6) is 5.75 Å². The predicted molar refractivity (Wildman–Crippen MR) is 64.6 cm³/mol. The quantitative estimate of drug-likeness (QED) is 0.329. The zero-order valence-electron chi connectivity index (χ0n) is 10.0. The molecule has 0 spiro atoms. The maximum atomic E-state index is 11.2. The summed E-state index contributed by atoms with van der Waals surface area (Å²) in [5, 5.41) is 0. The summed E-state index contributed by atoms with van der Waals surface area (Å²) in [6.45, 7) is 2.35. The van der Waals surface area contributed by atoms with Crippen molar-refractivity contribution in [3.63, 3.8) is 0 Å². The molecule has 0 saturated carbocycles. The molecule has 1 aromatic rings. The van der Waals surface area contributed by atoms with E-state index in [2.05, 4.69) is 0 Å². The Morgan fingerprint density at radius 1 is 1.29 bits per heavy atom. The van der Waals surface area contributed by atoms with Crippen molar-refractivity contribution in [2.45, 2.75) is 6.92 Å². The van der Waals surface area contributed by atoms with Crippen molar-refractivity contribution in [3.05, 3.63) is 35.9 Å². The van der Waals surface area contributed by atoms with E-state index in [-0.39, 0.29) is 6.79 Å². The van der Waals surface area contributed by atoms with Crippen molar-refractivity contribution in [2.75, 3.05) is 20.5 Å². The lowest BCUT2D eigenvalue weighted by Crippen LogP contribution is -2.05. The first-order chi connectivity index (χ1) is 8.26. The lowest BCUT2D eigenvalue weighted by molar-refractivity contribution is -0.149. The van der Waals surface area contributed by atoms with Gasteiger partial charge in [-0.25, -0.2) is 4.79 Å². The van der Waals surface area contributed by atoms with Crippen LogP contribution in [0.15, 0.2) is 30.3 Å². The Balaban J connectivity index is 2.43. The van der Waals surface area contributed by atoms with Gasteiger partial charge in [0.15, 0.2) is 6.79 Å². The highest BCUT2D eigenvalue weighted by Gasteiger charge is 1.96. The zero-order chi connectivity index (χ0) is 12.5. The normalized spacial score (nSPS) is 10.5. The molecular formula is C13H16O4. The molecule has 0 radical (unpaired) electrons. The Bertz CT molecular complexity index is 368. The second-order valence-corrected chi connectivity index (χ2v) is 3.18. The minimum atomic E-state index is -0.422. The molecule has 0 aromatic heterocycles. The van der Waals surface area contributed by atoms with E-state index in [9.17, 15) is 4.79 Å². The van der Waals surface area contributed by atoms with Crippen LogP contribution in [0.4, 0.5) is 0 Å². The SMILES string of the molecule is CCOCOC(=O)C=Cc1ccc(OC)cc1. The van der Waals surface area contributed by atoms with Gasteiger partial charge in [0.05, 0.1) is 7.11 Å². The van der Waals surface area contributed by atoms with E-state index in [1.807, 2.05) is 31.2 Å². The van der Waals surface area contributed by atoms with Gasteiger partial charge in [-0.15, -0.1) is 0 Å². The molecule has 4 nitrogen and oxygen atoms in total. The van der Waals surface area contributed by atoms with Gasteiger partial charge in [0.25, 0.3) is 0 Å². The third-order valence-corrected chi connectivity index (χ3v) is 2.02. The van der Waals surface area contributed by atoms with Gasteiger partial charge in [0, 0.05) is 12.7 Å². The maximum Gasteiger partial charge on any atom is 0.332 e. The second kappa shape index (κ2) is 7.46. The first kappa shape index (κ1) is 13.3. The van der Waals surface area contributed by atoms with Gasteiger partial charge in [-0.1, -0.05) is 12.1 Å². The monoisotopic (exact) mass is 236 g/mol. The summed E-state index contributed by atoms with van der Waals surface area (Å²) in [7, 11) is 1.61. The fraction of sp³-hybridized carbons (Fsp3) is 0.308. The van der Waals surface area contributed by atoms with E-state index in [4.69, 9.17) is 14.2 Å². The highest BCUT2D eigenvalue weighted by molar-refractivity contribution is 5.86. The van der Waals surface area contributed by atoms with Crippen LogP contribution in [-0.4, -0.2) is 26.5 Å². The number of rotatable bonds is 6. The molecule has 92 valence electrons. The fourth-order valence-corrected chi connectivity index (χ4v) is 1.11. The van der Waals surface area contributed by atoms with Crippen LogP contribution >= 0.6 is 0 Å². The van der Waals surface area contributed by atoms with Crippen molar-refractivity contribution in [1.29, 1.82) is 0 Å². The van der Waals surface area contributed by atoms with Crippen LogP contribution in [0.25, 0.3) is 6.08 Å². The topological polar surface area (TPSA) is 44.8 Å². The molecule has 0 fully saturated rings. The van der Waals surface area contributed by atoms with Gasteiger partial charge < -0.3 is 14.2 Å². The van der Waals surface area contributed by atoms with Crippen LogP contribution in [0.2, 0.25) is 0 Å². The first-order valence-corrected chi connectivity index (χ1v) is 5.33. The Morgan fingerprint density at radius 3 is 2.59 bits per heavy atom. The molecule has 0 N–H and O–H groups in total. The van der Waals surface area contributed by atoms with Crippen molar-refractivity contribution in [3.8, 4) is 5.75 Å². The minimum Gasteiger partial charge on any atom is -0.497 e. The number of esters is 1. The summed E-state index contributed by atoms with van der Waals surface area (Å²) in [5.74, 6) is 0.357. The van der Waals surface area contributed by atoms with Gasteiger partial charge >= 0.3 is 5.97 Å². The number of carbonyl (C=O) groups excluding carboxylic acids is 1. The third-order valence-electron chi connectivity index (χ3n) is 2.02. The van der Waals surface area contributed by atoms with E-state index >= 15 is 0 Å². The van der Waals surface area contributed by atoms with Gasteiger partial charge in [0.1, 0.15) is 5.75 Å². The van der Waals surface area contributed by atoms with Gasteiger partial charge in [0.2, 0.25) is 0 Å². The van der Waals surface area contributed by atoms with E-state index in [0.29, 0.717) is 6.61 Å². The predicted octanol–water partition coefficient (Wildman–Crippen LogP) is 2.25. The van der Waals surface area contributed by atoms with Crippen LogP contribution in [0.3, 0.4) is 0 Å². The van der Waals surface area contributed by atoms with Crippen LogP contribution in [0, 0.1) is 0 Å². The molecule has 0 heterocycles. The number of methoxy groups -OCH3 is 1. The van der Waals surface area contributed by atoms with Crippen LogP contribution in [-0.2, 0) is 14.3 Å². The lowest BCUT2D eigenvalue weighted by atomic mass is 10.2. The third kappa shape index (κ3) is 5.17. The lowest BCUT2D eigenvalue weighted by Gasteiger charge is -2.01. The van der Waals surface area contributed by atoms with Crippen molar-refractivity contribution < 1.29 is 19.0 Å². The molecular weight excluding hydrogens is 220 g/mol. The summed E-state index contributed by atoms with van der Waals surface area (Å²) in [6.07, 6.45) is 3.04. The summed E-state index contributed by atoms with van der Waals surface area (Å²) in [4.78, 5) is 11.2. The maximum absolute atomic E-state index is 11.2. The van der Waals surface area contributed by atoms with E-state index in [0.717, 1.165) is 11.3 Å². The average molecular weight is 236 g/mol. The molecule has 0 aliphatic rings. The molecule has 1 rings (SSSR count). The molecule has 0 atom stereocenters. The Morgan fingerprint density at radius 2 is 2.00 bits per heavy atom. The molecule has 0 aliphatic carbocycles. The molecule has 1 aromatic carbocycles. The molecule has 0 aliphatic heterocycles. The van der Waals surface area contributed by atoms with Gasteiger partial charge in [-0.3, -0.25) is 0 Å². The largest absolute Gasteiger partial charge is 0.497 e. The summed E-state index contributed by atoms with van der Waals surface area (Å²) in [6, 6.07) is 7.35. The van der Waals surface area contributed by atoms with Crippen LogP contribution in [0.1, 0.15) is 12.5 Å². The smallest absolute Gasteiger partial charge is 0.332 e. The standard InChI is InChI=1S/C13H16O4/c1-3-16-10-17-13(14)9-6-11-4-7-12(15-2)8-5-11/h4-9H,3,10H2,1-2H3. The number of hydrogen-bond acceptors (Lipinski definition) is 4. The van der Waals surface area contributed by atoms with Crippen molar-refractivity contribution in [2.24, 2.45) is 0 Å². The van der Waals surface area contributed by atoms with E-state index < -0.39 is 5.97 Å². The fourth-order valence-electron chi connectivity index (χ4n) is 1.11. The molecule has 0 unspecified atom stereocenters. The number of benzene rings is 1. The average Bonchev–Trinajstić information content (AvgIpc) is 2.37. The second-order valence-electron chi connectivity index (χ2n) is 3.18. The summed E-state index contributed by atoms with van der Waals surface area (Å²) < 4.78 is 14.7. The number of ether oxygens (including phenoxy) is 3. The Kier molecular flexibility index (Phi) is 5.82. The molecule has 0 bridgehead atoms.